The number of hydrazone groups is 1. The molecule has 0 fully saturated rings. The summed E-state index contributed by atoms with van der Waals surface area (Å²) >= 11 is 6.47. The zero-order chi connectivity index (χ0) is 19.7. The second kappa shape index (κ2) is 10.3. The molecule has 0 radical (unpaired) electrons. The van der Waals surface area contributed by atoms with Crippen LogP contribution >= 0.6 is 11.6 Å². The van der Waals surface area contributed by atoms with Gasteiger partial charge in [0.2, 0.25) is 0 Å². The molecule has 0 amide bonds. The maximum atomic E-state index is 6.47. The number of rotatable bonds is 10. The predicted octanol–water partition coefficient (Wildman–Crippen LogP) is 6.71. The summed E-state index contributed by atoms with van der Waals surface area (Å²) < 4.78 is 0. The monoisotopic (exact) mass is 370 g/mol. The van der Waals surface area contributed by atoms with Gasteiger partial charge in [-0.1, -0.05) is 24.1 Å². The van der Waals surface area contributed by atoms with Gasteiger partial charge in [-0.05, 0) is 81.1 Å². The molecule has 0 aromatic heterocycles. The smallest absolute Gasteiger partial charge is 0.151 e. The summed E-state index contributed by atoms with van der Waals surface area (Å²) in [5.41, 5.74) is 4.15. The lowest BCUT2D eigenvalue weighted by Crippen LogP contribution is -2.33. The minimum atomic E-state index is -0.613. The second-order valence-electron chi connectivity index (χ2n) is 9.10. The Bertz CT molecular complexity index is 453. The maximum absolute atomic E-state index is 6.47. The average Bonchev–Trinajstić information content (AvgIpc) is 2.44. The molecular formula is C20H39ClN4. The number of nitrogens with one attached hydrogen (secondary N) is 1. The third kappa shape index (κ3) is 14.0. The third-order valence-electron chi connectivity index (χ3n) is 3.60. The van der Waals surface area contributed by atoms with Crippen molar-refractivity contribution >= 4 is 17.3 Å². The van der Waals surface area contributed by atoms with Crippen molar-refractivity contribution in [2.45, 2.75) is 104 Å². The van der Waals surface area contributed by atoms with E-state index in [1.165, 1.54) is 0 Å². The minimum absolute atomic E-state index is 0.0154. The number of azo groups is 1. The number of hydrogen-bond acceptors (Lipinski definition) is 4. The van der Waals surface area contributed by atoms with Crippen LogP contribution in [-0.4, -0.2) is 21.8 Å². The second-order valence-corrected chi connectivity index (χ2v) is 9.91. The van der Waals surface area contributed by atoms with Crippen LogP contribution in [0.5, 0.6) is 0 Å². The van der Waals surface area contributed by atoms with Crippen LogP contribution in [0.1, 0.15) is 87.5 Å². The molecule has 146 valence electrons. The van der Waals surface area contributed by atoms with Gasteiger partial charge >= 0.3 is 0 Å². The van der Waals surface area contributed by atoms with E-state index in [9.17, 15) is 0 Å². The summed E-state index contributed by atoms with van der Waals surface area (Å²) in [5, 5.41) is 13.2. The summed E-state index contributed by atoms with van der Waals surface area (Å²) in [4.78, 5) is -0.613. The number of alkyl halides is 1. The van der Waals surface area contributed by atoms with E-state index in [-0.39, 0.29) is 11.1 Å². The van der Waals surface area contributed by atoms with Crippen LogP contribution in [0.25, 0.3) is 0 Å². The molecule has 25 heavy (non-hydrogen) atoms. The van der Waals surface area contributed by atoms with E-state index in [2.05, 4.69) is 55.0 Å². The molecule has 1 N–H and O–H groups in total. The fraction of sp³-hybridized carbons (Fsp3) is 0.850. The molecule has 0 aliphatic rings. The highest BCUT2D eigenvalue weighted by molar-refractivity contribution is 6.23. The largest absolute Gasteiger partial charge is 0.305 e. The highest BCUT2D eigenvalue weighted by atomic mass is 35.5. The molecule has 5 heteroatoms. The highest BCUT2D eigenvalue weighted by Crippen LogP contribution is 2.27. The molecule has 0 aliphatic heterocycles. The quantitative estimate of drug-likeness (QED) is 0.0867. The van der Waals surface area contributed by atoms with Crippen LogP contribution in [-0.2, 0) is 0 Å². The van der Waals surface area contributed by atoms with Crippen LogP contribution in [0.3, 0.4) is 0 Å². The lowest BCUT2D eigenvalue weighted by molar-refractivity contribution is 0.434. The first-order chi connectivity index (χ1) is 11.3. The van der Waals surface area contributed by atoms with Gasteiger partial charge in [0.1, 0.15) is 0 Å². The van der Waals surface area contributed by atoms with Gasteiger partial charge in [0, 0.05) is 17.2 Å². The number of allylic oxidation sites excluding steroid dienone is 1. The van der Waals surface area contributed by atoms with Gasteiger partial charge < -0.3 is 5.43 Å². The van der Waals surface area contributed by atoms with Crippen LogP contribution in [0.15, 0.2) is 28.0 Å². The molecule has 0 aliphatic carbocycles. The summed E-state index contributed by atoms with van der Waals surface area (Å²) in [6.07, 6.45) is 6.94. The predicted molar refractivity (Wildman–Crippen MR) is 112 cm³/mol. The van der Waals surface area contributed by atoms with E-state index in [1.807, 2.05) is 33.8 Å². The Morgan fingerprint density at radius 2 is 1.68 bits per heavy atom. The maximum Gasteiger partial charge on any atom is 0.151 e. The van der Waals surface area contributed by atoms with E-state index in [4.69, 9.17) is 11.6 Å². The third-order valence-corrected chi connectivity index (χ3v) is 3.87. The first-order valence-corrected chi connectivity index (χ1v) is 9.69. The van der Waals surface area contributed by atoms with Crippen molar-refractivity contribution < 1.29 is 0 Å². The van der Waals surface area contributed by atoms with Crippen molar-refractivity contribution in [3.63, 3.8) is 0 Å². The first-order valence-electron chi connectivity index (χ1n) is 9.31. The Labute approximate surface area is 160 Å². The van der Waals surface area contributed by atoms with Gasteiger partial charge in [0.25, 0.3) is 0 Å². The Balaban J connectivity index is 4.49. The normalized spacial score (nSPS) is 17.4. The van der Waals surface area contributed by atoms with Crippen LogP contribution in [0.4, 0.5) is 0 Å². The van der Waals surface area contributed by atoms with Crippen LogP contribution < -0.4 is 5.43 Å². The topological polar surface area (TPSA) is 49.1 Å². The molecule has 0 saturated heterocycles. The van der Waals surface area contributed by atoms with E-state index >= 15 is 0 Å². The van der Waals surface area contributed by atoms with Crippen molar-refractivity contribution in [3.05, 3.63) is 12.7 Å². The Morgan fingerprint density at radius 3 is 2.16 bits per heavy atom. The van der Waals surface area contributed by atoms with Gasteiger partial charge in [-0.3, -0.25) is 0 Å². The number of hydrogen-bond donors (Lipinski definition) is 1. The van der Waals surface area contributed by atoms with Crippen molar-refractivity contribution in [1.29, 1.82) is 0 Å². The molecule has 0 rings (SSSR count). The lowest BCUT2D eigenvalue weighted by atomic mass is 9.93. The van der Waals surface area contributed by atoms with Crippen molar-refractivity contribution in [2.75, 3.05) is 0 Å². The summed E-state index contributed by atoms with van der Waals surface area (Å²) in [7, 11) is 0. The molecule has 4 nitrogen and oxygen atoms in total. The van der Waals surface area contributed by atoms with Gasteiger partial charge in [0.05, 0.1) is 5.54 Å². The van der Waals surface area contributed by atoms with Crippen molar-refractivity contribution in [2.24, 2.45) is 21.2 Å². The number of nitrogens with zero attached hydrogens (tertiary/aromatic N) is 3. The van der Waals surface area contributed by atoms with Crippen LogP contribution in [0, 0.1) is 5.92 Å². The zero-order valence-corrected chi connectivity index (χ0v) is 18.4. The molecule has 0 aromatic rings. The first kappa shape index (κ1) is 24.1. The van der Waals surface area contributed by atoms with E-state index in [0.29, 0.717) is 5.92 Å². The van der Waals surface area contributed by atoms with Gasteiger partial charge in [-0.2, -0.15) is 15.3 Å². The molecule has 0 spiro atoms. The fourth-order valence-corrected chi connectivity index (χ4v) is 2.36. The van der Waals surface area contributed by atoms with Gasteiger partial charge in [0.15, 0.2) is 5.00 Å². The van der Waals surface area contributed by atoms with Crippen LogP contribution in [0.2, 0.25) is 0 Å². The molecule has 0 saturated carbocycles. The highest BCUT2D eigenvalue weighted by Gasteiger charge is 2.21. The Morgan fingerprint density at radius 1 is 1.08 bits per heavy atom. The van der Waals surface area contributed by atoms with E-state index in [0.717, 1.165) is 37.8 Å². The minimum Gasteiger partial charge on any atom is -0.305 e. The molecular weight excluding hydrogens is 332 g/mol. The van der Waals surface area contributed by atoms with Gasteiger partial charge in [-0.25, -0.2) is 0 Å². The molecule has 0 bridgehead atoms. The lowest BCUT2D eigenvalue weighted by Gasteiger charge is -2.22. The average molecular weight is 371 g/mol. The van der Waals surface area contributed by atoms with Gasteiger partial charge in [-0.15, -0.1) is 6.58 Å². The van der Waals surface area contributed by atoms with Crippen molar-refractivity contribution in [3.8, 4) is 0 Å². The number of unbranched alkanes of at least 4 members (excludes halogenated alkanes) is 1. The number of halogens is 1. The molecule has 0 aromatic carbocycles. The summed E-state index contributed by atoms with van der Waals surface area (Å²) in [5.74, 6) is 0.421. The summed E-state index contributed by atoms with van der Waals surface area (Å²) in [6.45, 7) is 20.3. The SMILES string of the molecule is C=CCC(CCCCC(C)(Cl)N=NC(C)(C)C)C(C)=NNC(C)(C)C. The fourth-order valence-electron chi connectivity index (χ4n) is 2.19. The molecule has 2 atom stereocenters. The van der Waals surface area contributed by atoms with Crippen molar-refractivity contribution in [1.82, 2.24) is 5.43 Å². The van der Waals surface area contributed by atoms with E-state index < -0.39 is 5.00 Å². The molecule has 0 heterocycles. The summed E-state index contributed by atoms with van der Waals surface area (Å²) in [6, 6.07) is 0. The zero-order valence-electron chi connectivity index (χ0n) is 17.6. The standard InChI is InChI=1S/C20H39ClN4/c1-10-13-17(16(2)22-23-18(3,4)5)14-11-12-15-20(9,21)25-24-19(6,7)8/h10,17,23H,1,11-15H2,2-9H3. The Kier molecular flexibility index (Phi) is 9.93. The van der Waals surface area contributed by atoms with E-state index in [1.54, 1.807) is 0 Å². The molecule has 2 unspecified atom stereocenters. The Hall–Kier alpha value is -0.900.